The van der Waals surface area contributed by atoms with Crippen LogP contribution in [0.5, 0.6) is 0 Å². The lowest BCUT2D eigenvalue weighted by molar-refractivity contribution is -0.0328. The number of thioether (sulfide) groups is 1. The molecule has 1 fully saturated rings. The zero-order valence-electron chi connectivity index (χ0n) is 9.04. The van der Waals surface area contributed by atoms with Crippen molar-refractivity contribution in [3.8, 4) is 0 Å². The minimum Gasteiger partial charge on any atom is -0.229 e. The van der Waals surface area contributed by atoms with E-state index in [9.17, 15) is 21.6 Å². The molecule has 0 bridgehead atoms. The smallest absolute Gasteiger partial charge is 0.229 e. The summed E-state index contributed by atoms with van der Waals surface area (Å²) in [6.45, 7) is 0. The molecule has 102 valence electrons. The zero-order valence-corrected chi connectivity index (χ0v) is 11.4. The van der Waals surface area contributed by atoms with Crippen LogP contribution in [0.25, 0.3) is 0 Å². The molecular weight excluding hydrogens is 297 g/mol. The second kappa shape index (κ2) is 6.02. The molecule has 1 rings (SSSR count). The van der Waals surface area contributed by atoms with Gasteiger partial charge in [0.15, 0.2) is 9.84 Å². The molecule has 0 amide bonds. The minimum atomic E-state index is -4.22. The fraction of sp³-hybridized carbons (Fsp3) is 1.00. The second-order valence-corrected chi connectivity index (χ2v) is 7.86. The Hall–Kier alpha value is 0.380. The highest BCUT2D eigenvalue weighted by atomic mass is 35.5. The maximum absolute atomic E-state index is 11.9. The van der Waals surface area contributed by atoms with Gasteiger partial charge in [-0.1, -0.05) is 11.8 Å². The van der Waals surface area contributed by atoms with Gasteiger partial charge in [-0.3, -0.25) is 0 Å². The maximum atomic E-state index is 11.9. The average molecular weight is 311 g/mol. The van der Waals surface area contributed by atoms with Crippen LogP contribution in [0.15, 0.2) is 0 Å². The van der Waals surface area contributed by atoms with E-state index in [1.807, 2.05) is 0 Å². The standard InChI is InChI=1S/C9H14ClF3O2S2/c10-5-7(1-3-16-9(11,12)13)8-2-4-17(14,15)6-8/h7-8H,1-6H2. The van der Waals surface area contributed by atoms with Crippen molar-refractivity contribution in [1.82, 2.24) is 0 Å². The third-order valence-corrected chi connectivity index (χ3v) is 5.84. The van der Waals surface area contributed by atoms with Gasteiger partial charge in [-0.25, -0.2) is 8.42 Å². The van der Waals surface area contributed by atoms with Crippen molar-refractivity contribution < 1.29 is 21.6 Å². The van der Waals surface area contributed by atoms with Crippen LogP contribution in [0.4, 0.5) is 13.2 Å². The van der Waals surface area contributed by atoms with Crippen molar-refractivity contribution in [3.63, 3.8) is 0 Å². The molecule has 1 aliphatic rings. The molecular formula is C9H14ClF3O2S2. The molecule has 0 spiro atoms. The van der Waals surface area contributed by atoms with Gasteiger partial charge in [-0.05, 0) is 24.7 Å². The van der Waals surface area contributed by atoms with Crippen LogP contribution in [0, 0.1) is 11.8 Å². The molecule has 0 aromatic carbocycles. The van der Waals surface area contributed by atoms with E-state index in [1.54, 1.807) is 0 Å². The highest BCUT2D eigenvalue weighted by Gasteiger charge is 2.34. The van der Waals surface area contributed by atoms with E-state index in [0.717, 1.165) is 0 Å². The van der Waals surface area contributed by atoms with Gasteiger partial charge in [0.1, 0.15) is 0 Å². The number of sulfone groups is 1. The van der Waals surface area contributed by atoms with Gasteiger partial charge in [0.25, 0.3) is 0 Å². The first-order chi connectivity index (χ1) is 7.73. The van der Waals surface area contributed by atoms with Crippen molar-refractivity contribution in [2.45, 2.75) is 18.3 Å². The van der Waals surface area contributed by atoms with Gasteiger partial charge < -0.3 is 0 Å². The summed E-state index contributed by atoms with van der Waals surface area (Å²) in [6, 6.07) is 0. The monoisotopic (exact) mass is 310 g/mol. The molecule has 0 N–H and O–H groups in total. The van der Waals surface area contributed by atoms with Crippen LogP contribution in [0.1, 0.15) is 12.8 Å². The largest absolute Gasteiger partial charge is 0.441 e. The molecule has 0 saturated carbocycles. The van der Waals surface area contributed by atoms with E-state index in [4.69, 9.17) is 11.6 Å². The van der Waals surface area contributed by atoms with Crippen molar-refractivity contribution in [3.05, 3.63) is 0 Å². The number of halogens is 4. The van der Waals surface area contributed by atoms with Crippen LogP contribution in [-0.2, 0) is 9.84 Å². The molecule has 0 aromatic rings. The first-order valence-electron chi connectivity index (χ1n) is 5.20. The van der Waals surface area contributed by atoms with Crippen LogP contribution in [0.3, 0.4) is 0 Å². The van der Waals surface area contributed by atoms with Crippen LogP contribution in [0.2, 0.25) is 0 Å². The van der Waals surface area contributed by atoms with E-state index in [1.165, 1.54) is 0 Å². The normalized spacial score (nSPS) is 26.0. The Labute approximate surface area is 108 Å². The molecule has 1 saturated heterocycles. The summed E-state index contributed by atoms with van der Waals surface area (Å²) in [5, 5.41) is 0. The lowest BCUT2D eigenvalue weighted by Gasteiger charge is -2.19. The predicted molar refractivity (Wildman–Crippen MR) is 64.1 cm³/mol. The predicted octanol–water partition coefficient (Wildman–Crippen LogP) is 2.92. The van der Waals surface area contributed by atoms with Crippen LogP contribution < -0.4 is 0 Å². The lowest BCUT2D eigenvalue weighted by atomic mass is 9.91. The Bertz CT molecular complexity index is 343. The number of rotatable bonds is 5. The summed E-state index contributed by atoms with van der Waals surface area (Å²) in [7, 11) is -2.99. The van der Waals surface area contributed by atoms with Crippen molar-refractivity contribution in [2.75, 3.05) is 23.1 Å². The molecule has 0 radical (unpaired) electrons. The van der Waals surface area contributed by atoms with Gasteiger partial charge in [-0.2, -0.15) is 13.2 Å². The van der Waals surface area contributed by atoms with Crippen molar-refractivity contribution in [1.29, 1.82) is 0 Å². The summed E-state index contributed by atoms with van der Waals surface area (Å²) in [4.78, 5) is 0. The molecule has 0 aliphatic carbocycles. The maximum Gasteiger partial charge on any atom is 0.441 e. The molecule has 2 unspecified atom stereocenters. The third kappa shape index (κ3) is 5.70. The fourth-order valence-electron chi connectivity index (χ4n) is 1.96. The summed E-state index contributed by atoms with van der Waals surface area (Å²) >= 11 is 5.63. The highest BCUT2D eigenvalue weighted by Crippen LogP contribution is 2.34. The van der Waals surface area contributed by atoms with E-state index < -0.39 is 15.3 Å². The van der Waals surface area contributed by atoms with Gasteiger partial charge in [0, 0.05) is 11.6 Å². The average Bonchev–Trinajstić information content (AvgIpc) is 2.52. The number of alkyl halides is 4. The molecule has 0 aromatic heterocycles. The van der Waals surface area contributed by atoms with Gasteiger partial charge in [-0.15, -0.1) is 11.6 Å². The summed E-state index contributed by atoms with van der Waals surface area (Å²) in [6.07, 6.45) is 0.838. The zero-order chi connectivity index (χ0) is 13.1. The number of hydrogen-bond acceptors (Lipinski definition) is 3. The van der Waals surface area contributed by atoms with Gasteiger partial charge in [0.05, 0.1) is 11.5 Å². The lowest BCUT2D eigenvalue weighted by Crippen LogP contribution is -2.19. The van der Waals surface area contributed by atoms with Crippen LogP contribution in [-0.4, -0.2) is 37.1 Å². The Kier molecular flexibility index (Phi) is 5.46. The van der Waals surface area contributed by atoms with Gasteiger partial charge in [0.2, 0.25) is 0 Å². The molecule has 2 atom stereocenters. The molecule has 2 nitrogen and oxygen atoms in total. The second-order valence-electron chi connectivity index (χ2n) is 4.16. The van der Waals surface area contributed by atoms with E-state index in [0.29, 0.717) is 12.8 Å². The van der Waals surface area contributed by atoms with Gasteiger partial charge >= 0.3 is 5.51 Å². The van der Waals surface area contributed by atoms with Crippen molar-refractivity contribution >= 4 is 33.2 Å². The topological polar surface area (TPSA) is 34.1 Å². The highest BCUT2D eigenvalue weighted by molar-refractivity contribution is 8.00. The van der Waals surface area contributed by atoms with E-state index in [2.05, 4.69) is 0 Å². The Morgan fingerprint density at radius 1 is 1.41 bits per heavy atom. The molecule has 17 heavy (non-hydrogen) atoms. The fourth-order valence-corrected chi connectivity index (χ4v) is 4.94. The Morgan fingerprint density at radius 3 is 2.47 bits per heavy atom. The van der Waals surface area contributed by atoms with Crippen molar-refractivity contribution in [2.24, 2.45) is 11.8 Å². The summed E-state index contributed by atoms with van der Waals surface area (Å²) < 4.78 is 58.4. The van der Waals surface area contributed by atoms with Crippen LogP contribution >= 0.6 is 23.4 Å². The number of hydrogen-bond donors (Lipinski definition) is 0. The summed E-state index contributed by atoms with van der Waals surface area (Å²) in [5.74, 6) is 0.157. The quantitative estimate of drug-likeness (QED) is 0.732. The first kappa shape index (κ1) is 15.4. The Morgan fingerprint density at radius 2 is 2.06 bits per heavy atom. The molecule has 8 heteroatoms. The van der Waals surface area contributed by atoms with E-state index in [-0.39, 0.29) is 46.7 Å². The van der Waals surface area contributed by atoms with E-state index >= 15 is 0 Å². The first-order valence-corrected chi connectivity index (χ1v) is 8.55. The minimum absolute atomic E-state index is 0.0581. The Balaban J connectivity index is 2.39. The molecule has 1 heterocycles. The third-order valence-electron chi connectivity index (χ3n) is 2.89. The SMILES string of the molecule is O=S1(=O)CCC(C(CCl)CCSC(F)(F)F)C1. The molecule has 1 aliphatic heterocycles. The summed E-state index contributed by atoms with van der Waals surface area (Å²) in [5.41, 5.74) is -4.22.